The molecule has 1 heterocycles. The molecule has 6 heteroatoms. The molecule has 1 N–H and O–H groups in total. The third kappa shape index (κ3) is 6.57. The van der Waals surface area contributed by atoms with Crippen LogP contribution in [0.4, 0.5) is 0 Å². The summed E-state index contributed by atoms with van der Waals surface area (Å²) in [6.07, 6.45) is 3.38. The van der Waals surface area contributed by atoms with Crippen molar-refractivity contribution in [1.82, 2.24) is 4.90 Å². The van der Waals surface area contributed by atoms with Crippen molar-refractivity contribution >= 4 is 11.9 Å². The van der Waals surface area contributed by atoms with Gasteiger partial charge in [-0.2, -0.15) is 0 Å². The molecule has 2 atom stereocenters. The maximum absolute atomic E-state index is 13.4. The minimum atomic E-state index is -0.921. The van der Waals surface area contributed by atoms with Gasteiger partial charge in [0.2, 0.25) is 0 Å². The van der Waals surface area contributed by atoms with E-state index in [4.69, 9.17) is 16.0 Å². The molecular formula is C26H33NO5. The number of hydrogen-bond donors (Lipinski definition) is 1. The van der Waals surface area contributed by atoms with Gasteiger partial charge in [0.15, 0.2) is 0 Å². The minimum absolute atomic E-state index is 0.118. The number of benzene rings is 2. The van der Waals surface area contributed by atoms with Gasteiger partial charge in [-0.3, -0.25) is 9.59 Å². The van der Waals surface area contributed by atoms with Crippen molar-refractivity contribution in [3.05, 3.63) is 65.2 Å². The van der Waals surface area contributed by atoms with E-state index in [1.807, 2.05) is 50.2 Å². The standard InChI is InChI=1S/C26H33NO5/c1-19(2)27(26(30)21-13-11-20(12-14-21)24-15-17-32-24)18-22-8-5-6-9-23(22)31-16-7-3-4-10-25(28)29/h5-6,8-9,11-14,19,24H,3-4,7,10,15-18H2,1-2H3,(H,28,29)/i18D. The SMILES string of the molecule is [2H]C(c1ccccc1OCCCCCC(=O)O)N(C(=O)c1ccc(C2CCO2)cc1)C(C)C. The fraction of sp³-hybridized carbons (Fsp3) is 0.462. The molecule has 32 heavy (non-hydrogen) atoms. The lowest BCUT2D eigenvalue weighted by Crippen LogP contribution is -2.36. The van der Waals surface area contributed by atoms with Crippen LogP contribution in [0.1, 0.15) is 74.9 Å². The molecule has 0 bridgehead atoms. The lowest BCUT2D eigenvalue weighted by Gasteiger charge is -2.29. The molecule has 0 spiro atoms. The number of unbranched alkanes of at least 4 members (excludes halogenated alkanes) is 2. The van der Waals surface area contributed by atoms with Crippen LogP contribution in [-0.2, 0) is 16.1 Å². The lowest BCUT2D eigenvalue weighted by molar-refractivity contribution is -0.137. The van der Waals surface area contributed by atoms with Crippen LogP contribution in [0.15, 0.2) is 48.5 Å². The number of hydrogen-bond acceptors (Lipinski definition) is 4. The van der Waals surface area contributed by atoms with Crippen molar-refractivity contribution < 1.29 is 25.5 Å². The number of carbonyl (C=O) groups excluding carboxylic acids is 1. The molecule has 1 amide bonds. The zero-order chi connectivity index (χ0) is 23.8. The Labute approximate surface area is 191 Å². The van der Waals surface area contributed by atoms with Crippen molar-refractivity contribution in [1.29, 1.82) is 0 Å². The number of nitrogens with zero attached hydrogens (tertiary/aromatic N) is 1. The second-order valence-corrected chi connectivity index (χ2v) is 8.30. The average molecular weight is 441 g/mol. The Morgan fingerprint density at radius 2 is 1.88 bits per heavy atom. The molecule has 1 aliphatic heterocycles. The average Bonchev–Trinajstić information content (AvgIpc) is 2.75. The van der Waals surface area contributed by atoms with Crippen LogP contribution < -0.4 is 4.74 Å². The number of aliphatic carboxylic acids is 1. The molecule has 2 aromatic carbocycles. The van der Waals surface area contributed by atoms with E-state index in [0.29, 0.717) is 29.9 Å². The van der Waals surface area contributed by atoms with Crippen LogP contribution in [0, 0.1) is 0 Å². The summed E-state index contributed by atoms with van der Waals surface area (Å²) in [5.41, 5.74) is 2.24. The Hall–Kier alpha value is -2.86. The highest BCUT2D eigenvalue weighted by molar-refractivity contribution is 5.94. The quantitative estimate of drug-likeness (QED) is 0.458. The number of para-hydroxylation sites is 1. The monoisotopic (exact) mass is 440 g/mol. The fourth-order valence-corrected chi connectivity index (χ4v) is 3.54. The van der Waals surface area contributed by atoms with Gasteiger partial charge in [-0.15, -0.1) is 0 Å². The van der Waals surface area contributed by atoms with E-state index >= 15 is 0 Å². The summed E-state index contributed by atoms with van der Waals surface area (Å²) < 4.78 is 20.3. The summed E-state index contributed by atoms with van der Waals surface area (Å²) in [6.45, 7) is 4.10. The van der Waals surface area contributed by atoms with Gasteiger partial charge in [0.25, 0.3) is 5.91 Å². The van der Waals surface area contributed by atoms with Gasteiger partial charge < -0.3 is 19.5 Å². The Kier molecular flexibility index (Phi) is 8.15. The molecule has 172 valence electrons. The Bertz CT molecular complexity index is 927. The lowest BCUT2D eigenvalue weighted by atomic mass is 10.0. The second kappa shape index (κ2) is 11.7. The first-order valence-electron chi connectivity index (χ1n) is 11.9. The van der Waals surface area contributed by atoms with E-state index < -0.39 is 12.5 Å². The molecule has 3 rings (SSSR count). The van der Waals surface area contributed by atoms with Gasteiger partial charge in [0.05, 0.1) is 20.7 Å². The highest BCUT2D eigenvalue weighted by atomic mass is 16.5. The molecular weight excluding hydrogens is 406 g/mol. The molecule has 0 aliphatic carbocycles. The van der Waals surface area contributed by atoms with E-state index in [9.17, 15) is 9.59 Å². The fourth-order valence-electron chi connectivity index (χ4n) is 3.54. The van der Waals surface area contributed by atoms with Gasteiger partial charge in [-0.25, -0.2) is 0 Å². The Morgan fingerprint density at radius 3 is 2.50 bits per heavy atom. The van der Waals surface area contributed by atoms with E-state index in [1.54, 1.807) is 17.0 Å². The predicted octanol–water partition coefficient (Wildman–Crippen LogP) is 5.22. The Balaban J connectivity index is 1.68. The number of amides is 1. The van der Waals surface area contributed by atoms with Crippen LogP contribution >= 0.6 is 0 Å². The summed E-state index contributed by atoms with van der Waals surface area (Å²) in [6, 6.07) is 14.6. The van der Waals surface area contributed by atoms with Crippen molar-refractivity contribution in [2.24, 2.45) is 0 Å². The van der Waals surface area contributed by atoms with Crippen molar-refractivity contribution in [2.75, 3.05) is 13.2 Å². The van der Waals surface area contributed by atoms with Gasteiger partial charge in [0, 0.05) is 36.5 Å². The first-order valence-corrected chi connectivity index (χ1v) is 11.3. The molecule has 6 nitrogen and oxygen atoms in total. The summed E-state index contributed by atoms with van der Waals surface area (Å²) in [5.74, 6) is -0.413. The maximum Gasteiger partial charge on any atom is 0.303 e. The molecule has 1 fully saturated rings. The molecule has 1 aliphatic rings. The van der Waals surface area contributed by atoms with Gasteiger partial charge in [0.1, 0.15) is 5.75 Å². The van der Waals surface area contributed by atoms with Crippen molar-refractivity contribution in [3.63, 3.8) is 0 Å². The molecule has 2 aromatic rings. The van der Waals surface area contributed by atoms with Gasteiger partial charge in [-0.05, 0) is 56.9 Å². The highest BCUT2D eigenvalue weighted by Crippen LogP contribution is 2.29. The van der Waals surface area contributed by atoms with Crippen LogP contribution in [0.25, 0.3) is 0 Å². The smallest absolute Gasteiger partial charge is 0.303 e. The Morgan fingerprint density at radius 1 is 1.16 bits per heavy atom. The normalized spacial score (nSPS) is 16.7. The van der Waals surface area contributed by atoms with Crippen molar-refractivity contribution in [3.8, 4) is 5.75 Å². The first kappa shape index (κ1) is 22.3. The number of carbonyl (C=O) groups is 2. The van der Waals surface area contributed by atoms with Crippen LogP contribution in [0.2, 0.25) is 0 Å². The van der Waals surface area contributed by atoms with E-state index in [-0.39, 0.29) is 24.5 Å². The number of carboxylic acids is 1. The largest absolute Gasteiger partial charge is 0.493 e. The summed E-state index contributed by atoms with van der Waals surface area (Å²) >= 11 is 0. The highest BCUT2D eigenvalue weighted by Gasteiger charge is 2.23. The minimum Gasteiger partial charge on any atom is -0.493 e. The van der Waals surface area contributed by atoms with Crippen LogP contribution in [0.3, 0.4) is 0 Å². The van der Waals surface area contributed by atoms with Gasteiger partial charge >= 0.3 is 5.97 Å². The van der Waals surface area contributed by atoms with Gasteiger partial charge in [-0.1, -0.05) is 30.3 Å². The van der Waals surface area contributed by atoms with E-state index in [2.05, 4.69) is 0 Å². The summed E-state index contributed by atoms with van der Waals surface area (Å²) in [5, 5.41) is 8.73. The zero-order valence-corrected chi connectivity index (χ0v) is 18.8. The van der Waals surface area contributed by atoms with Crippen LogP contribution in [-0.4, -0.2) is 41.1 Å². The number of carboxylic acid groups (broad SMARTS) is 1. The topological polar surface area (TPSA) is 76.1 Å². The predicted molar refractivity (Wildman–Crippen MR) is 123 cm³/mol. The first-order chi connectivity index (χ1) is 15.9. The number of rotatable bonds is 12. The van der Waals surface area contributed by atoms with E-state index in [0.717, 1.165) is 31.4 Å². The molecule has 1 saturated heterocycles. The maximum atomic E-state index is 13.4. The molecule has 0 radical (unpaired) electrons. The molecule has 0 aromatic heterocycles. The molecule has 0 saturated carbocycles. The van der Waals surface area contributed by atoms with Crippen molar-refractivity contribution in [2.45, 2.75) is 64.6 Å². The second-order valence-electron chi connectivity index (χ2n) is 8.30. The van der Waals surface area contributed by atoms with E-state index in [1.165, 1.54) is 0 Å². The zero-order valence-electron chi connectivity index (χ0n) is 19.8. The third-order valence-corrected chi connectivity index (χ3v) is 5.51. The summed E-state index contributed by atoms with van der Waals surface area (Å²) in [7, 11) is 0. The van der Waals surface area contributed by atoms with Crippen LogP contribution in [0.5, 0.6) is 5.75 Å². The third-order valence-electron chi connectivity index (χ3n) is 5.51. The number of ether oxygens (including phenoxy) is 2. The molecule has 2 unspecified atom stereocenters. The summed E-state index contributed by atoms with van der Waals surface area (Å²) in [4.78, 5) is 25.5.